The lowest BCUT2D eigenvalue weighted by atomic mass is 9.99. The Morgan fingerprint density at radius 2 is 1.91 bits per heavy atom. The minimum Gasteiger partial charge on any atom is -0.339 e. The Labute approximate surface area is 128 Å². The Morgan fingerprint density at radius 3 is 2.50 bits per heavy atom. The maximum atomic E-state index is 12.4. The Hall–Kier alpha value is -2.37. The number of hydrogen-bond acceptors (Lipinski definition) is 3. The number of benzene rings is 1. The number of carbonyl (C=O) groups is 3. The van der Waals surface area contributed by atoms with Gasteiger partial charge < -0.3 is 10.2 Å². The van der Waals surface area contributed by atoms with Crippen LogP contribution in [0.5, 0.6) is 0 Å². The van der Waals surface area contributed by atoms with Crippen LogP contribution in [0.2, 0.25) is 0 Å². The molecule has 0 aliphatic carbocycles. The summed E-state index contributed by atoms with van der Waals surface area (Å²) in [5, 5.41) is 4.89. The molecule has 2 saturated heterocycles. The average molecular weight is 301 g/mol. The van der Waals surface area contributed by atoms with Crippen LogP contribution < -0.4 is 10.6 Å². The van der Waals surface area contributed by atoms with Gasteiger partial charge >= 0.3 is 6.03 Å². The van der Waals surface area contributed by atoms with Gasteiger partial charge in [-0.25, -0.2) is 4.79 Å². The zero-order valence-electron chi connectivity index (χ0n) is 12.5. The third-order valence-corrected chi connectivity index (χ3v) is 4.42. The SMILES string of the molecule is CCc1ccc(CC(=O)N2CC[C@]3(C2)NC(=O)NC3=O)cc1. The lowest BCUT2D eigenvalue weighted by Crippen LogP contribution is -2.49. The van der Waals surface area contributed by atoms with Gasteiger partial charge in [-0.05, 0) is 24.0 Å². The number of rotatable bonds is 3. The Morgan fingerprint density at radius 1 is 1.23 bits per heavy atom. The smallest absolute Gasteiger partial charge is 0.322 e. The second-order valence-electron chi connectivity index (χ2n) is 5.90. The second-order valence-corrected chi connectivity index (χ2v) is 5.90. The van der Waals surface area contributed by atoms with E-state index in [0.717, 1.165) is 12.0 Å². The van der Waals surface area contributed by atoms with Crippen LogP contribution in [-0.4, -0.2) is 41.4 Å². The van der Waals surface area contributed by atoms with E-state index in [2.05, 4.69) is 17.6 Å². The van der Waals surface area contributed by atoms with Gasteiger partial charge in [0.1, 0.15) is 5.54 Å². The molecule has 1 spiro atoms. The van der Waals surface area contributed by atoms with Crippen LogP contribution in [0.4, 0.5) is 4.79 Å². The summed E-state index contributed by atoms with van der Waals surface area (Å²) in [4.78, 5) is 37.2. The molecule has 1 aromatic rings. The summed E-state index contributed by atoms with van der Waals surface area (Å²) in [6.07, 6.45) is 1.75. The first kappa shape index (κ1) is 14.6. The molecule has 0 bridgehead atoms. The summed E-state index contributed by atoms with van der Waals surface area (Å²) in [6.45, 7) is 2.82. The molecule has 1 atom stereocenters. The molecule has 2 aliphatic heterocycles. The predicted molar refractivity (Wildman–Crippen MR) is 80.1 cm³/mol. The first-order valence-corrected chi connectivity index (χ1v) is 7.51. The topological polar surface area (TPSA) is 78.5 Å². The monoisotopic (exact) mass is 301 g/mol. The number of imide groups is 1. The first-order chi connectivity index (χ1) is 10.5. The highest BCUT2D eigenvalue weighted by Gasteiger charge is 2.51. The van der Waals surface area contributed by atoms with Crippen molar-refractivity contribution in [3.05, 3.63) is 35.4 Å². The van der Waals surface area contributed by atoms with E-state index in [1.165, 1.54) is 5.56 Å². The fraction of sp³-hybridized carbons (Fsp3) is 0.438. The van der Waals surface area contributed by atoms with Crippen molar-refractivity contribution in [2.45, 2.75) is 31.7 Å². The number of likely N-dealkylation sites (tertiary alicyclic amines) is 1. The Bertz CT molecular complexity index is 626. The summed E-state index contributed by atoms with van der Waals surface area (Å²) in [7, 11) is 0. The van der Waals surface area contributed by atoms with Crippen LogP contribution in [0.3, 0.4) is 0 Å². The maximum Gasteiger partial charge on any atom is 0.322 e. The van der Waals surface area contributed by atoms with Gasteiger partial charge in [-0.2, -0.15) is 0 Å². The molecule has 3 rings (SSSR count). The van der Waals surface area contributed by atoms with Crippen LogP contribution >= 0.6 is 0 Å². The van der Waals surface area contributed by atoms with Crippen LogP contribution in [0.15, 0.2) is 24.3 Å². The van der Waals surface area contributed by atoms with Gasteiger partial charge in [-0.1, -0.05) is 31.2 Å². The minimum atomic E-state index is -0.932. The number of nitrogens with zero attached hydrogens (tertiary/aromatic N) is 1. The molecule has 2 aliphatic rings. The van der Waals surface area contributed by atoms with E-state index in [0.29, 0.717) is 19.4 Å². The largest absolute Gasteiger partial charge is 0.339 e. The van der Waals surface area contributed by atoms with Gasteiger partial charge in [0, 0.05) is 6.54 Å². The van der Waals surface area contributed by atoms with Crippen LogP contribution in [-0.2, 0) is 22.4 Å². The number of amides is 4. The molecule has 4 amide bonds. The lowest BCUT2D eigenvalue weighted by Gasteiger charge is -2.21. The predicted octanol–water partition coefficient (Wildman–Crippen LogP) is 0.602. The third-order valence-electron chi connectivity index (χ3n) is 4.42. The highest BCUT2D eigenvalue weighted by atomic mass is 16.2. The highest BCUT2D eigenvalue weighted by Crippen LogP contribution is 2.25. The van der Waals surface area contributed by atoms with E-state index in [1.807, 2.05) is 24.3 Å². The van der Waals surface area contributed by atoms with E-state index < -0.39 is 11.6 Å². The summed E-state index contributed by atoms with van der Waals surface area (Å²) in [6, 6.07) is 7.51. The summed E-state index contributed by atoms with van der Waals surface area (Å²) in [5.41, 5.74) is 1.27. The highest BCUT2D eigenvalue weighted by molar-refractivity contribution is 6.07. The van der Waals surface area contributed by atoms with Crippen molar-refractivity contribution in [2.24, 2.45) is 0 Å². The second kappa shape index (κ2) is 5.44. The van der Waals surface area contributed by atoms with Crippen molar-refractivity contribution in [1.82, 2.24) is 15.5 Å². The normalized spacial score (nSPS) is 23.8. The quantitative estimate of drug-likeness (QED) is 0.803. The van der Waals surface area contributed by atoms with Crippen molar-refractivity contribution in [3.63, 3.8) is 0 Å². The minimum absolute atomic E-state index is 0.0185. The van der Waals surface area contributed by atoms with Crippen LogP contribution in [0.1, 0.15) is 24.5 Å². The average Bonchev–Trinajstić information content (AvgIpc) is 3.04. The van der Waals surface area contributed by atoms with E-state index >= 15 is 0 Å². The zero-order chi connectivity index (χ0) is 15.7. The van der Waals surface area contributed by atoms with E-state index in [9.17, 15) is 14.4 Å². The van der Waals surface area contributed by atoms with Gasteiger partial charge in [-0.3, -0.25) is 14.9 Å². The van der Waals surface area contributed by atoms with Crippen molar-refractivity contribution in [3.8, 4) is 0 Å². The molecule has 0 unspecified atom stereocenters. The molecule has 0 aromatic heterocycles. The molecule has 0 saturated carbocycles. The molecule has 116 valence electrons. The molecule has 2 fully saturated rings. The van der Waals surface area contributed by atoms with E-state index in [-0.39, 0.29) is 18.4 Å². The summed E-state index contributed by atoms with van der Waals surface area (Å²) < 4.78 is 0. The lowest BCUT2D eigenvalue weighted by molar-refractivity contribution is -0.130. The van der Waals surface area contributed by atoms with Gasteiger partial charge in [0.15, 0.2) is 0 Å². The van der Waals surface area contributed by atoms with Gasteiger partial charge in [0.05, 0.1) is 13.0 Å². The van der Waals surface area contributed by atoms with E-state index in [1.54, 1.807) is 4.90 Å². The van der Waals surface area contributed by atoms with Crippen LogP contribution in [0.25, 0.3) is 0 Å². The standard InChI is InChI=1S/C16H19N3O3/c1-2-11-3-5-12(6-4-11)9-13(20)19-8-7-16(10-19)14(21)17-15(22)18-16/h3-6H,2,7-10H2,1H3,(H2,17,18,21,22)/t16-/m1/s1. The van der Waals surface area contributed by atoms with Crippen molar-refractivity contribution in [2.75, 3.05) is 13.1 Å². The molecule has 6 nitrogen and oxygen atoms in total. The van der Waals surface area contributed by atoms with Crippen molar-refractivity contribution >= 4 is 17.8 Å². The third kappa shape index (κ3) is 2.56. The number of aryl methyl sites for hydroxylation is 1. The van der Waals surface area contributed by atoms with Gasteiger partial charge in [0.25, 0.3) is 5.91 Å². The van der Waals surface area contributed by atoms with E-state index in [4.69, 9.17) is 0 Å². The van der Waals surface area contributed by atoms with Crippen molar-refractivity contribution < 1.29 is 14.4 Å². The van der Waals surface area contributed by atoms with Crippen molar-refractivity contribution in [1.29, 1.82) is 0 Å². The number of carbonyl (C=O) groups excluding carboxylic acids is 3. The molecule has 6 heteroatoms. The number of nitrogens with one attached hydrogen (secondary N) is 2. The Kier molecular flexibility index (Phi) is 3.60. The maximum absolute atomic E-state index is 12.4. The molecule has 2 N–H and O–H groups in total. The summed E-state index contributed by atoms with van der Waals surface area (Å²) >= 11 is 0. The fourth-order valence-corrected chi connectivity index (χ4v) is 3.02. The first-order valence-electron chi connectivity index (χ1n) is 7.51. The zero-order valence-corrected chi connectivity index (χ0v) is 12.5. The number of hydrogen-bond donors (Lipinski definition) is 2. The molecular formula is C16H19N3O3. The molecule has 22 heavy (non-hydrogen) atoms. The molecule has 1 aromatic carbocycles. The Balaban J connectivity index is 1.64. The molecular weight excluding hydrogens is 282 g/mol. The molecule has 2 heterocycles. The van der Waals surface area contributed by atoms with Gasteiger partial charge in [0.2, 0.25) is 5.91 Å². The fourth-order valence-electron chi connectivity index (χ4n) is 3.02. The number of urea groups is 1. The van der Waals surface area contributed by atoms with Gasteiger partial charge in [-0.15, -0.1) is 0 Å². The summed E-state index contributed by atoms with van der Waals surface area (Å²) in [5.74, 6) is -0.352. The molecule has 0 radical (unpaired) electrons. The van der Waals surface area contributed by atoms with Crippen LogP contribution in [0, 0.1) is 0 Å².